The molecule has 30 aromatic rings. The number of hydrogen-bond acceptors (Lipinski definition) is 8. The van der Waals surface area contributed by atoms with E-state index in [1.54, 1.807) is 342 Å². The third-order valence-electron chi connectivity index (χ3n) is 29.4. The summed E-state index contributed by atoms with van der Waals surface area (Å²) in [7, 11) is 6.61. The van der Waals surface area contributed by atoms with E-state index in [1.807, 2.05) is 12.1 Å². The molecule has 2 N–H and O–H groups in total. The first-order chi connectivity index (χ1) is 45.6. The fourth-order valence-electron chi connectivity index (χ4n) is 28.3. The molecule has 29 aromatic carbocycles. The smallest absolute Gasteiger partial charge is 0.267 e. The predicted octanol–water partition coefficient (Wildman–Crippen LogP) is 17.6. The van der Waals surface area contributed by atoms with E-state index in [4.69, 9.17) is 28.4 Å². The van der Waals surface area contributed by atoms with Gasteiger partial charge in [-0.2, -0.15) is 0 Å². The van der Waals surface area contributed by atoms with Gasteiger partial charge in [0.05, 0.1) is 70.7 Å². The van der Waals surface area contributed by atoms with Crippen molar-refractivity contribution in [1.82, 2.24) is 15.2 Å². The Bertz CT molecular complexity index is 8160. The van der Waals surface area contributed by atoms with E-state index in [2.05, 4.69) is 15.2 Å². The van der Waals surface area contributed by atoms with Crippen LogP contribution in [-0.4, -0.2) is 103 Å². The van der Waals surface area contributed by atoms with E-state index in [-0.39, 0.29) is 11.9 Å². The highest BCUT2D eigenvalue weighted by Gasteiger charge is 2.76. The lowest BCUT2D eigenvalue weighted by atomic mass is 9.48. The summed E-state index contributed by atoms with van der Waals surface area (Å²) in [6, 6.07) is 3.71. The lowest BCUT2D eigenvalue weighted by Crippen LogP contribution is -2.56. The van der Waals surface area contributed by atoms with Crippen LogP contribution in [0.25, 0.3) is 302 Å². The summed E-state index contributed by atoms with van der Waals surface area (Å²) in [5, 5.41) is 90.4. The van der Waals surface area contributed by atoms with Crippen molar-refractivity contribution < 1.29 is 33.2 Å². The van der Waals surface area contributed by atoms with Crippen LogP contribution in [0.15, 0.2) is 12.1 Å². The standard InChI is InChI=1S/C82H33N3O7/c1-87-7-8-91-9-10-92-13-18-82-75-69-63-53-41-33-25-21-19-20-23-27(25)35(41)45-39-31(23)32-24(20)28-26-22(19)30-29(21)37-43(33)51-57-47(37)48-38(30)44-34(26)42-36(28)46-40(32)50-49(39)61(55(45)63)71(75)72-62(50)56(46)64-54(42)60-52(44)58(48)66-65(57)73(67(69)59(51)53)81(82,74(66)68(60)70(64)76(72)82)14-85(18)6-5-83-80(86)16-11-15-12-17(88-2)78(89-3)79(90-4)77(15)84-16/h11-12,18,84H,5-10,13-14H2,1-4H3,(H,83,86). The molecular weight excluding hydrogens is 1140 g/mol. The molecule has 0 saturated carbocycles. The van der Waals surface area contributed by atoms with Crippen molar-refractivity contribution in [2.45, 2.75) is 16.9 Å². The van der Waals surface area contributed by atoms with E-state index in [9.17, 15) is 4.79 Å². The molecule has 92 heavy (non-hydrogen) atoms. The quantitative estimate of drug-likeness (QED) is 0.0773. The van der Waals surface area contributed by atoms with Crippen molar-refractivity contribution in [3.8, 4) is 17.2 Å². The van der Waals surface area contributed by atoms with Gasteiger partial charge in [-0.15, -0.1) is 0 Å². The number of likely N-dealkylation sites (tertiary alicyclic amines) is 1. The van der Waals surface area contributed by atoms with Gasteiger partial charge in [0.2, 0.25) is 5.75 Å². The summed E-state index contributed by atoms with van der Waals surface area (Å²) in [4.78, 5) is 21.3. The van der Waals surface area contributed by atoms with Crippen LogP contribution in [-0.2, 0) is 25.0 Å². The Morgan fingerprint density at radius 1 is 0.413 bits per heavy atom. The van der Waals surface area contributed by atoms with E-state index in [1.165, 1.54) is 0 Å². The first kappa shape index (κ1) is 40.6. The Morgan fingerprint density at radius 2 is 0.739 bits per heavy atom. The monoisotopic (exact) mass is 1170 g/mol. The number of nitrogens with one attached hydrogen (secondary N) is 2. The number of hydrogen-bond donors (Lipinski definition) is 2. The minimum atomic E-state index is -0.550. The van der Waals surface area contributed by atoms with Crippen molar-refractivity contribution in [3.05, 3.63) is 40.1 Å². The van der Waals surface area contributed by atoms with E-state index >= 15 is 0 Å². The number of H-pyrrole nitrogens is 1. The van der Waals surface area contributed by atoms with Crippen LogP contribution >= 0.6 is 0 Å². The number of nitrogens with zero attached hydrogens (tertiary/aromatic N) is 1. The summed E-state index contributed by atoms with van der Waals surface area (Å²) in [6.45, 7) is 4.46. The van der Waals surface area contributed by atoms with Gasteiger partial charge in [-0.1, -0.05) is 0 Å². The number of methoxy groups -OCH3 is 4. The molecule has 10 heteroatoms. The molecule has 10 nitrogen and oxygen atoms in total. The predicted molar refractivity (Wildman–Crippen MR) is 373 cm³/mol. The van der Waals surface area contributed by atoms with Gasteiger partial charge in [0, 0.05) is 38.2 Å². The molecule has 0 bridgehead atoms. The molecule has 1 aliphatic heterocycles. The van der Waals surface area contributed by atoms with Crippen LogP contribution in [0.3, 0.4) is 0 Å². The second-order valence-corrected chi connectivity index (χ2v) is 30.7. The van der Waals surface area contributed by atoms with Gasteiger partial charge >= 0.3 is 0 Å². The minimum absolute atomic E-state index is 0.105. The molecule has 1 atom stereocenters. The lowest BCUT2D eigenvalue weighted by Gasteiger charge is -2.52. The summed E-state index contributed by atoms with van der Waals surface area (Å²) >= 11 is 0. The Labute approximate surface area is 508 Å². The largest absolute Gasteiger partial charge is 0.493 e. The average Bonchev–Trinajstić information content (AvgIpc) is 1.38. The number of aromatic nitrogens is 1. The van der Waals surface area contributed by atoms with E-state index < -0.39 is 10.8 Å². The number of benzene rings is 19. The van der Waals surface area contributed by atoms with Gasteiger partial charge in [-0.05, 0) is 325 Å². The Morgan fingerprint density at radius 3 is 1.08 bits per heavy atom. The summed E-state index contributed by atoms with van der Waals surface area (Å²) in [6.07, 6.45) is 0. The molecule has 4 aliphatic carbocycles. The number of carbonyl (C=O) groups excluding carboxylic acids is 1. The van der Waals surface area contributed by atoms with E-state index in [0.717, 1.165) is 11.9 Å². The van der Waals surface area contributed by atoms with Crippen LogP contribution in [0.2, 0.25) is 0 Å². The second-order valence-electron chi connectivity index (χ2n) is 30.7. The highest BCUT2D eigenvalue weighted by molar-refractivity contribution is 6.82. The molecule has 1 unspecified atom stereocenters. The van der Waals surface area contributed by atoms with Gasteiger partial charge in [-0.3, -0.25) is 9.69 Å². The maximum Gasteiger partial charge on any atom is 0.267 e. The first-order valence-electron chi connectivity index (χ1n) is 33.3. The number of amides is 1. The number of rotatable bonds is 15. The highest BCUT2D eigenvalue weighted by Crippen LogP contribution is 2.86. The number of carbonyl (C=O) groups is 1. The van der Waals surface area contributed by atoms with Crippen LogP contribution in [0, 0.1) is 0 Å². The number of fused-ring (bicyclic) bond motifs is 1. The van der Waals surface area contributed by atoms with Gasteiger partial charge in [0.15, 0.2) is 11.5 Å². The summed E-state index contributed by atoms with van der Waals surface area (Å²) < 4.78 is 36.7. The second kappa shape index (κ2) is 10.6. The van der Waals surface area contributed by atoms with Crippen LogP contribution in [0.5, 0.6) is 17.2 Å². The zero-order valence-electron chi connectivity index (χ0n) is 49.2. The van der Waals surface area contributed by atoms with Crippen molar-refractivity contribution in [2.75, 3.05) is 81.1 Å². The molecule has 2 spiro atoms. The molecule has 1 amide bonds. The summed E-state index contributed by atoms with van der Waals surface area (Å²) in [5.41, 5.74) is 6.66. The van der Waals surface area contributed by atoms with Gasteiger partial charge in [0.1, 0.15) is 5.69 Å². The van der Waals surface area contributed by atoms with E-state index in [0.29, 0.717) is 74.6 Å². The van der Waals surface area contributed by atoms with Crippen molar-refractivity contribution in [1.29, 1.82) is 0 Å². The van der Waals surface area contributed by atoms with Crippen molar-refractivity contribution >= 4 is 308 Å². The van der Waals surface area contributed by atoms with Crippen LogP contribution in [0.1, 0.15) is 32.7 Å². The third-order valence-corrected chi connectivity index (χ3v) is 29.4. The molecule has 1 saturated heterocycles. The number of ether oxygens (including phenoxy) is 6. The molecule has 35 rings (SSSR count). The van der Waals surface area contributed by atoms with Gasteiger partial charge < -0.3 is 38.7 Å². The summed E-state index contributed by atoms with van der Waals surface area (Å²) in [5.74, 6) is 1.38. The maximum absolute atomic E-state index is 15.0. The SMILES string of the molecule is COCCOCCOCC1N(CCNC(=O)c2cc3cc(OC)c(OC)c(OC)c3[nH]2)CC23c4c5c6c7c8c9c(c%10c%11c2c2c4c4c%12c5c5c6c6c8c8c%13c9c9c%10c%10c%11c%11c2c2c4c4c%12c%12c5c5c6c8c6c8c%13c9c9c%10c%10c%11c2c2c4c4c%12c5c6c5c8c9c%10c2c45)C713. The van der Waals surface area contributed by atoms with Crippen LogP contribution in [0.4, 0.5) is 0 Å². The number of aromatic amines is 1. The van der Waals surface area contributed by atoms with Crippen molar-refractivity contribution in [3.63, 3.8) is 0 Å². The molecular formula is C82H33N3O7. The molecule has 2 heterocycles. The Balaban J connectivity index is 0.792. The normalized spacial score (nSPS) is 21.0. The first-order valence-corrected chi connectivity index (χ1v) is 33.3. The zero-order valence-corrected chi connectivity index (χ0v) is 49.2. The van der Waals surface area contributed by atoms with Crippen LogP contribution < -0.4 is 19.5 Å². The topological polar surface area (TPSA) is 104 Å². The molecule has 1 aromatic heterocycles. The zero-order chi connectivity index (χ0) is 57.4. The maximum atomic E-state index is 15.0. The lowest BCUT2D eigenvalue weighted by molar-refractivity contribution is 0.00523. The average molecular weight is 1170 g/mol. The minimum Gasteiger partial charge on any atom is -0.493 e. The van der Waals surface area contributed by atoms with Crippen molar-refractivity contribution in [2.24, 2.45) is 0 Å². The van der Waals surface area contributed by atoms with Gasteiger partial charge in [-0.25, -0.2) is 0 Å². The Kier molecular flexibility index (Phi) is 4.68. The molecule has 1 fully saturated rings. The molecule has 0 radical (unpaired) electrons. The highest BCUT2D eigenvalue weighted by atomic mass is 16.5. The molecule has 418 valence electrons. The fraction of sp³-hybridized carbons (Fsp3) is 0.183. The Hall–Kier alpha value is -10.1. The molecule has 5 aliphatic rings. The fourth-order valence-corrected chi connectivity index (χ4v) is 28.3. The van der Waals surface area contributed by atoms with Gasteiger partial charge in [0.25, 0.3) is 5.91 Å². The third kappa shape index (κ3) is 2.68.